The van der Waals surface area contributed by atoms with Crippen molar-refractivity contribution in [3.63, 3.8) is 0 Å². The number of terminal acetylenes is 1. The first kappa shape index (κ1) is 10.6. The molecule has 2 unspecified atom stereocenters. The molecule has 1 rings (SSSR count). The summed E-state index contributed by atoms with van der Waals surface area (Å²) in [6.45, 7) is 7.83. The van der Waals surface area contributed by atoms with Crippen LogP contribution in [0.15, 0.2) is 0 Å². The highest BCUT2D eigenvalue weighted by atomic mass is 15.2. The Balaban J connectivity index is 2.50. The highest BCUT2D eigenvalue weighted by Gasteiger charge is 2.23. The van der Waals surface area contributed by atoms with E-state index in [9.17, 15) is 0 Å². The molecule has 1 aliphatic rings. The van der Waals surface area contributed by atoms with Gasteiger partial charge in [-0.05, 0) is 13.3 Å². The minimum absolute atomic E-state index is 0.585. The summed E-state index contributed by atoms with van der Waals surface area (Å²) < 4.78 is 0. The van der Waals surface area contributed by atoms with E-state index in [2.05, 4.69) is 30.0 Å². The molecule has 13 heavy (non-hydrogen) atoms. The van der Waals surface area contributed by atoms with Crippen molar-refractivity contribution < 1.29 is 0 Å². The van der Waals surface area contributed by atoms with Crippen molar-refractivity contribution in [2.75, 3.05) is 19.6 Å². The number of piperazine rings is 1. The van der Waals surface area contributed by atoms with E-state index in [1.54, 1.807) is 0 Å². The highest BCUT2D eigenvalue weighted by Crippen LogP contribution is 2.13. The molecule has 0 aromatic heterocycles. The quantitative estimate of drug-likeness (QED) is 0.654. The number of nitrogens with zero attached hydrogens (tertiary/aromatic N) is 1. The molecule has 74 valence electrons. The fourth-order valence-electron chi connectivity index (χ4n) is 2.03. The van der Waals surface area contributed by atoms with Crippen LogP contribution in [-0.4, -0.2) is 36.6 Å². The van der Waals surface area contributed by atoms with Gasteiger partial charge in [0.05, 0.1) is 0 Å². The molecule has 1 fully saturated rings. The van der Waals surface area contributed by atoms with Crippen LogP contribution in [0, 0.1) is 12.3 Å². The molecule has 1 saturated heterocycles. The zero-order chi connectivity index (χ0) is 9.68. The van der Waals surface area contributed by atoms with Crippen molar-refractivity contribution in [1.82, 2.24) is 10.2 Å². The summed E-state index contributed by atoms with van der Waals surface area (Å²) >= 11 is 0. The van der Waals surface area contributed by atoms with Crippen molar-refractivity contribution in [1.29, 1.82) is 0 Å². The zero-order valence-electron chi connectivity index (χ0n) is 8.71. The third kappa shape index (κ3) is 2.72. The van der Waals surface area contributed by atoms with Crippen LogP contribution < -0.4 is 5.32 Å². The molecule has 0 amide bonds. The summed E-state index contributed by atoms with van der Waals surface area (Å²) in [5.74, 6) is 2.77. The van der Waals surface area contributed by atoms with E-state index in [1.165, 1.54) is 0 Å². The lowest BCUT2D eigenvalue weighted by atomic mass is 10.1. The lowest BCUT2D eigenvalue weighted by Gasteiger charge is -2.39. The summed E-state index contributed by atoms with van der Waals surface area (Å²) in [7, 11) is 0. The lowest BCUT2D eigenvalue weighted by Crippen LogP contribution is -2.53. The molecular weight excluding hydrogens is 160 g/mol. The van der Waals surface area contributed by atoms with E-state index >= 15 is 0 Å². The van der Waals surface area contributed by atoms with Gasteiger partial charge >= 0.3 is 0 Å². The molecule has 0 saturated carbocycles. The average Bonchev–Trinajstić information content (AvgIpc) is 2.16. The van der Waals surface area contributed by atoms with Gasteiger partial charge in [-0.3, -0.25) is 4.90 Å². The van der Waals surface area contributed by atoms with Crippen molar-refractivity contribution in [3.05, 3.63) is 0 Å². The summed E-state index contributed by atoms with van der Waals surface area (Å²) in [4.78, 5) is 2.54. The summed E-state index contributed by atoms with van der Waals surface area (Å²) in [6, 6.07) is 1.22. The van der Waals surface area contributed by atoms with Crippen LogP contribution in [0.2, 0.25) is 0 Å². The van der Waals surface area contributed by atoms with Gasteiger partial charge in [0.2, 0.25) is 0 Å². The Bertz CT molecular complexity index is 183. The number of hydrogen-bond donors (Lipinski definition) is 1. The molecule has 0 spiro atoms. The fourth-order valence-corrected chi connectivity index (χ4v) is 2.03. The van der Waals surface area contributed by atoms with Crippen LogP contribution in [0.25, 0.3) is 0 Å². The maximum absolute atomic E-state index is 5.36. The average molecular weight is 180 g/mol. The smallest absolute Gasteiger partial charge is 0.0242 e. The Morgan fingerprint density at radius 2 is 2.46 bits per heavy atom. The molecule has 0 aliphatic carbocycles. The maximum atomic E-state index is 5.36. The third-order valence-corrected chi connectivity index (χ3v) is 2.85. The van der Waals surface area contributed by atoms with E-state index in [4.69, 9.17) is 6.42 Å². The highest BCUT2D eigenvalue weighted by molar-refractivity contribution is 4.92. The molecule has 0 bridgehead atoms. The van der Waals surface area contributed by atoms with E-state index in [1.807, 2.05) is 0 Å². The first-order valence-corrected chi connectivity index (χ1v) is 5.19. The number of rotatable bonds is 3. The molecule has 1 aliphatic heterocycles. The second-order valence-corrected chi connectivity index (χ2v) is 3.76. The van der Waals surface area contributed by atoms with Gasteiger partial charge in [0, 0.05) is 38.1 Å². The van der Waals surface area contributed by atoms with Crippen LogP contribution in [0.4, 0.5) is 0 Å². The minimum atomic E-state index is 0.585. The van der Waals surface area contributed by atoms with Crippen molar-refractivity contribution in [2.24, 2.45) is 0 Å². The normalized spacial score (nSPS) is 26.7. The van der Waals surface area contributed by atoms with Crippen LogP contribution in [-0.2, 0) is 0 Å². The van der Waals surface area contributed by atoms with Gasteiger partial charge in [0.15, 0.2) is 0 Å². The Kier molecular flexibility index (Phi) is 4.27. The SMILES string of the molecule is C#CCC(CC)N1CCNCC1C. The summed E-state index contributed by atoms with van der Waals surface area (Å²) in [5, 5.41) is 3.39. The van der Waals surface area contributed by atoms with Crippen LogP contribution in [0.1, 0.15) is 26.7 Å². The Morgan fingerprint density at radius 1 is 1.69 bits per heavy atom. The van der Waals surface area contributed by atoms with Crippen LogP contribution in [0.3, 0.4) is 0 Å². The molecule has 0 radical (unpaired) electrons. The predicted molar refractivity (Wildman–Crippen MR) is 56.6 cm³/mol. The van der Waals surface area contributed by atoms with Gasteiger partial charge < -0.3 is 5.32 Å². The lowest BCUT2D eigenvalue weighted by molar-refractivity contribution is 0.115. The summed E-state index contributed by atoms with van der Waals surface area (Å²) in [6.07, 6.45) is 7.42. The standard InChI is InChI=1S/C11H20N2/c1-4-6-11(5-2)13-8-7-12-9-10(13)3/h1,10-12H,5-9H2,2-3H3. The van der Waals surface area contributed by atoms with E-state index < -0.39 is 0 Å². The third-order valence-electron chi connectivity index (χ3n) is 2.85. The van der Waals surface area contributed by atoms with Gasteiger partial charge in [-0.2, -0.15) is 0 Å². The molecule has 1 heterocycles. The second kappa shape index (κ2) is 5.26. The van der Waals surface area contributed by atoms with E-state index in [0.717, 1.165) is 32.5 Å². The van der Waals surface area contributed by atoms with E-state index in [0.29, 0.717) is 12.1 Å². The van der Waals surface area contributed by atoms with Crippen molar-refractivity contribution >= 4 is 0 Å². The predicted octanol–water partition coefficient (Wildman–Crippen LogP) is 1.08. The van der Waals surface area contributed by atoms with Crippen LogP contribution in [0.5, 0.6) is 0 Å². The second-order valence-electron chi connectivity index (χ2n) is 3.76. The Labute approximate surface area is 81.7 Å². The van der Waals surface area contributed by atoms with E-state index in [-0.39, 0.29) is 0 Å². The molecular formula is C11H20N2. The molecule has 0 aromatic carbocycles. The fraction of sp³-hybridized carbons (Fsp3) is 0.818. The molecule has 2 nitrogen and oxygen atoms in total. The van der Waals surface area contributed by atoms with Crippen molar-refractivity contribution in [2.45, 2.75) is 38.8 Å². The molecule has 0 aromatic rings. The van der Waals surface area contributed by atoms with Crippen LogP contribution >= 0.6 is 0 Å². The molecule has 2 heteroatoms. The van der Waals surface area contributed by atoms with Gasteiger partial charge in [-0.1, -0.05) is 6.92 Å². The molecule has 1 N–H and O–H groups in total. The van der Waals surface area contributed by atoms with Gasteiger partial charge in [-0.25, -0.2) is 0 Å². The monoisotopic (exact) mass is 180 g/mol. The maximum Gasteiger partial charge on any atom is 0.0242 e. The summed E-state index contributed by atoms with van der Waals surface area (Å²) in [5.41, 5.74) is 0. The largest absolute Gasteiger partial charge is 0.314 e. The first-order valence-electron chi connectivity index (χ1n) is 5.19. The van der Waals surface area contributed by atoms with Gasteiger partial charge in [0.1, 0.15) is 0 Å². The molecule has 2 atom stereocenters. The Morgan fingerprint density at radius 3 is 3.00 bits per heavy atom. The number of hydrogen-bond acceptors (Lipinski definition) is 2. The number of nitrogens with one attached hydrogen (secondary N) is 1. The van der Waals surface area contributed by atoms with Gasteiger partial charge in [-0.15, -0.1) is 12.3 Å². The topological polar surface area (TPSA) is 15.3 Å². The van der Waals surface area contributed by atoms with Gasteiger partial charge in [0.25, 0.3) is 0 Å². The zero-order valence-corrected chi connectivity index (χ0v) is 8.71. The Hall–Kier alpha value is -0.520. The first-order chi connectivity index (χ1) is 6.29. The van der Waals surface area contributed by atoms with Crippen molar-refractivity contribution in [3.8, 4) is 12.3 Å². The minimum Gasteiger partial charge on any atom is -0.314 e.